The van der Waals surface area contributed by atoms with Crippen LogP contribution in [-0.2, 0) is 0 Å². The maximum Gasteiger partial charge on any atom is 0.128 e. The topological polar surface area (TPSA) is 42.1 Å². The van der Waals surface area contributed by atoms with E-state index in [1.807, 2.05) is 6.20 Å². The minimum Gasteiger partial charge on any atom is -0.354 e. The Morgan fingerprint density at radius 2 is 2.25 bits per heavy atom. The molecule has 1 aromatic heterocycles. The summed E-state index contributed by atoms with van der Waals surface area (Å²) in [6.07, 6.45) is 1.86. The standard InChI is InChI=1S/C12H18BrN3/c1-8-4-11(15-5-9(8)13)16-6-10(14)12(2,3)7-16/h4-5,10H,6-7,14H2,1-3H3. The normalized spacial score (nSPS) is 23.8. The summed E-state index contributed by atoms with van der Waals surface area (Å²) in [5.41, 5.74) is 7.51. The highest BCUT2D eigenvalue weighted by atomic mass is 79.9. The maximum atomic E-state index is 6.13. The zero-order valence-electron chi connectivity index (χ0n) is 10.00. The van der Waals surface area contributed by atoms with Gasteiger partial charge in [0.25, 0.3) is 0 Å². The van der Waals surface area contributed by atoms with Crippen molar-refractivity contribution in [3.05, 3.63) is 22.3 Å². The van der Waals surface area contributed by atoms with Crippen molar-refractivity contribution < 1.29 is 0 Å². The first-order chi connectivity index (χ1) is 7.40. The van der Waals surface area contributed by atoms with E-state index in [-0.39, 0.29) is 11.5 Å². The number of nitrogens with two attached hydrogens (primary N) is 1. The number of hydrogen-bond donors (Lipinski definition) is 1. The molecular weight excluding hydrogens is 266 g/mol. The van der Waals surface area contributed by atoms with Crippen LogP contribution in [0.25, 0.3) is 0 Å². The van der Waals surface area contributed by atoms with Crippen molar-refractivity contribution in [1.29, 1.82) is 0 Å². The van der Waals surface area contributed by atoms with E-state index in [1.165, 1.54) is 5.56 Å². The van der Waals surface area contributed by atoms with Crippen molar-refractivity contribution >= 4 is 21.7 Å². The van der Waals surface area contributed by atoms with Gasteiger partial charge in [-0.05, 0) is 39.9 Å². The van der Waals surface area contributed by atoms with E-state index < -0.39 is 0 Å². The summed E-state index contributed by atoms with van der Waals surface area (Å²) in [5, 5.41) is 0. The molecule has 1 aromatic rings. The summed E-state index contributed by atoms with van der Waals surface area (Å²) in [7, 11) is 0. The molecule has 2 rings (SSSR count). The Morgan fingerprint density at radius 1 is 1.56 bits per heavy atom. The van der Waals surface area contributed by atoms with E-state index in [0.29, 0.717) is 0 Å². The van der Waals surface area contributed by atoms with Crippen LogP contribution >= 0.6 is 15.9 Å². The summed E-state index contributed by atoms with van der Waals surface area (Å²) in [5.74, 6) is 1.03. The molecule has 2 heterocycles. The number of aromatic nitrogens is 1. The van der Waals surface area contributed by atoms with Gasteiger partial charge in [0.05, 0.1) is 0 Å². The molecule has 0 radical (unpaired) electrons. The van der Waals surface area contributed by atoms with Crippen molar-refractivity contribution in [2.45, 2.75) is 26.8 Å². The highest BCUT2D eigenvalue weighted by Gasteiger charge is 2.37. The van der Waals surface area contributed by atoms with Crippen LogP contribution in [0, 0.1) is 12.3 Å². The van der Waals surface area contributed by atoms with Gasteiger partial charge < -0.3 is 10.6 Å². The molecule has 1 unspecified atom stereocenters. The second kappa shape index (κ2) is 4.00. The van der Waals surface area contributed by atoms with Gasteiger partial charge in [-0.2, -0.15) is 0 Å². The summed E-state index contributed by atoms with van der Waals surface area (Å²) >= 11 is 3.47. The van der Waals surface area contributed by atoms with E-state index in [2.05, 4.69) is 52.7 Å². The highest BCUT2D eigenvalue weighted by Crippen LogP contribution is 2.31. The van der Waals surface area contributed by atoms with Crippen molar-refractivity contribution in [3.8, 4) is 0 Å². The fourth-order valence-electron chi connectivity index (χ4n) is 2.03. The summed E-state index contributed by atoms with van der Waals surface area (Å²) in [4.78, 5) is 6.71. The first-order valence-corrected chi connectivity index (χ1v) is 6.32. The maximum absolute atomic E-state index is 6.13. The minimum atomic E-state index is 0.169. The van der Waals surface area contributed by atoms with Gasteiger partial charge >= 0.3 is 0 Å². The first-order valence-electron chi connectivity index (χ1n) is 5.53. The lowest BCUT2D eigenvalue weighted by Gasteiger charge is -2.22. The zero-order chi connectivity index (χ0) is 11.9. The van der Waals surface area contributed by atoms with Crippen molar-refractivity contribution in [3.63, 3.8) is 0 Å². The molecule has 4 heteroatoms. The van der Waals surface area contributed by atoms with Crippen molar-refractivity contribution in [2.24, 2.45) is 11.1 Å². The Kier molecular flexibility index (Phi) is 2.97. The molecule has 2 N–H and O–H groups in total. The lowest BCUT2D eigenvalue weighted by molar-refractivity contribution is 0.365. The van der Waals surface area contributed by atoms with Gasteiger partial charge in [-0.15, -0.1) is 0 Å². The third-order valence-corrected chi connectivity index (χ3v) is 4.21. The van der Waals surface area contributed by atoms with Gasteiger partial charge in [-0.1, -0.05) is 13.8 Å². The van der Waals surface area contributed by atoms with Crippen molar-refractivity contribution in [1.82, 2.24) is 4.98 Å². The largest absolute Gasteiger partial charge is 0.354 e. The summed E-state index contributed by atoms with van der Waals surface area (Å²) in [6.45, 7) is 8.37. The van der Waals surface area contributed by atoms with Crippen LogP contribution in [0.4, 0.5) is 5.82 Å². The Bertz CT molecular complexity index is 403. The molecule has 1 aliphatic rings. The fraction of sp³-hybridized carbons (Fsp3) is 0.583. The molecule has 1 fully saturated rings. The average molecular weight is 284 g/mol. The molecule has 88 valence electrons. The van der Waals surface area contributed by atoms with Crippen LogP contribution in [0.1, 0.15) is 19.4 Å². The lowest BCUT2D eigenvalue weighted by atomic mass is 9.89. The molecular formula is C12H18BrN3. The van der Waals surface area contributed by atoms with Gasteiger partial charge in [0, 0.05) is 29.8 Å². The Morgan fingerprint density at radius 3 is 2.75 bits per heavy atom. The smallest absolute Gasteiger partial charge is 0.128 e. The van der Waals surface area contributed by atoms with Crippen LogP contribution in [0.2, 0.25) is 0 Å². The molecule has 3 nitrogen and oxygen atoms in total. The average Bonchev–Trinajstić information content (AvgIpc) is 2.46. The predicted octanol–water partition coefficient (Wildman–Crippen LogP) is 2.33. The quantitative estimate of drug-likeness (QED) is 0.860. The number of rotatable bonds is 1. The second-order valence-electron chi connectivity index (χ2n) is 5.27. The molecule has 0 spiro atoms. The molecule has 0 saturated carbocycles. The number of pyridine rings is 1. The van der Waals surface area contributed by atoms with Crippen LogP contribution in [0.15, 0.2) is 16.7 Å². The number of hydrogen-bond acceptors (Lipinski definition) is 3. The van der Waals surface area contributed by atoms with Gasteiger partial charge in [0.15, 0.2) is 0 Å². The lowest BCUT2D eigenvalue weighted by Crippen LogP contribution is -2.35. The number of anilines is 1. The van der Waals surface area contributed by atoms with Gasteiger partial charge in [-0.25, -0.2) is 4.98 Å². The van der Waals surface area contributed by atoms with E-state index in [9.17, 15) is 0 Å². The fourth-order valence-corrected chi connectivity index (χ4v) is 2.25. The predicted molar refractivity (Wildman–Crippen MR) is 70.6 cm³/mol. The van der Waals surface area contributed by atoms with Crippen LogP contribution in [0.3, 0.4) is 0 Å². The van der Waals surface area contributed by atoms with Crippen LogP contribution < -0.4 is 10.6 Å². The molecule has 0 amide bonds. The third-order valence-electron chi connectivity index (χ3n) is 3.38. The molecule has 16 heavy (non-hydrogen) atoms. The van der Waals surface area contributed by atoms with Gasteiger partial charge in [-0.3, -0.25) is 0 Å². The van der Waals surface area contributed by atoms with E-state index in [4.69, 9.17) is 5.73 Å². The molecule has 1 saturated heterocycles. The van der Waals surface area contributed by atoms with E-state index >= 15 is 0 Å². The Balaban J connectivity index is 2.24. The second-order valence-corrected chi connectivity index (χ2v) is 6.12. The van der Waals surface area contributed by atoms with Crippen LogP contribution in [0.5, 0.6) is 0 Å². The molecule has 0 aliphatic carbocycles. The Hall–Kier alpha value is -0.610. The van der Waals surface area contributed by atoms with Gasteiger partial charge in [0.1, 0.15) is 5.82 Å². The van der Waals surface area contributed by atoms with Crippen LogP contribution in [-0.4, -0.2) is 24.1 Å². The van der Waals surface area contributed by atoms with E-state index in [0.717, 1.165) is 23.4 Å². The SMILES string of the molecule is Cc1cc(N2CC(N)C(C)(C)C2)ncc1Br. The Labute approximate surface area is 105 Å². The molecule has 0 bridgehead atoms. The molecule has 0 aromatic carbocycles. The van der Waals surface area contributed by atoms with Gasteiger partial charge in [0.2, 0.25) is 0 Å². The highest BCUT2D eigenvalue weighted by molar-refractivity contribution is 9.10. The van der Waals surface area contributed by atoms with Crippen molar-refractivity contribution in [2.75, 3.05) is 18.0 Å². The minimum absolute atomic E-state index is 0.169. The monoisotopic (exact) mass is 283 g/mol. The third kappa shape index (κ3) is 2.09. The first kappa shape index (κ1) is 11.9. The summed E-state index contributed by atoms with van der Waals surface area (Å²) in [6, 6.07) is 2.33. The molecule has 1 aliphatic heterocycles. The number of aryl methyl sites for hydroxylation is 1. The summed E-state index contributed by atoms with van der Waals surface area (Å²) < 4.78 is 1.05. The number of halogens is 1. The zero-order valence-corrected chi connectivity index (χ0v) is 11.6. The number of nitrogens with zero attached hydrogens (tertiary/aromatic N) is 2. The molecule has 1 atom stereocenters. The van der Waals surface area contributed by atoms with E-state index in [1.54, 1.807) is 0 Å².